The summed E-state index contributed by atoms with van der Waals surface area (Å²) in [6.07, 6.45) is 15.3. The summed E-state index contributed by atoms with van der Waals surface area (Å²) >= 11 is 0. The second-order valence-corrected chi connectivity index (χ2v) is 11.1. The molecule has 6 nitrogen and oxygen atoms in total. The first-order valence-electron chi connectivity index (χ1n) is 12.2. The Hall–Kier alpha value is -2.11. The standard InChI is InChI=1S/C26H36N2O4/c1-16(29)31-19-7-9-25(3)18(13-19)5-6-20-21(25)8-10-26(4)22(20)14-23(24(26)32-17(2)30)28-12-11-27-15-28/h5,11-12,15,19-24H,6-10,13-14H2,1-4H3. The van der Waals surface area contributed by atoms with Crippen LogP contribution in [0, 0.1) is 28.6 Å². The molecule has 0 aromatic carbocycles. The van der Waals surface area contributed by atoms with Crippen LogP contribution in [0.25, 0.3) is 0 Å². The average Bonchev–Trinajstić information content (AvgIpc) is 3.34. The van der Waals surface area contributed by atoms with Crippen LogP contribution in [0.5, 0.6) is 0 Å². The van der Waals surface area contributed by atoms with E-state index in [1.54, 1.807) is 0 Å². The number of allylic oxidation sites excluding steroid dienone is 1. The number of carbonyl (C=O) groups is 2. The number of esters is 2. The molecular formula is C26H36N2O4. The van der Waals surface area contributed by atoms with Gasteiger partial charge in [0.25, 0.3) is 0 Å². The lowest BCUT2D eigenvalue weighted by Crippen LogP contribution is -2.52. The third-order valence-corrected chi connectivity index (χ3v) is 9.52. The minimum atomic E-state index is -0.189. The summed E-state index contributed by atoms with van der Waals surface area (Å²) in [5.41, 5.74) is 1.67. The quantitative estimate of drug-likeness (QED) is 0.496. The zero-order chi connectivity index (χ0) is 22.7. The van der Waals surface area contributed by atoms with Crippen molar-refractivity contribution in [2.24, 2.45) is 28.6 Å². The molecule has 1 aromatic heterocycles. The number of rotatable bonds is 3. The molecule has 32 heavy (non-hydrogen) atoms. The van der Waals surface area contributed by atoms with E-state index in [0.29, 0.717) is 17.8 Å². The summed E-state index contributed by atoms with van der Waals surface area (Å²) in [4.78, 5) is 27.8. The van der Waals surface area contributed by atoms with E-state index < -0.39 is 0 Å². The Morgan fingerprint density at radius 2 is 1.88 bits per heavy atom. The highest BCUT2D eigenvalue weighted by molar-refractivity contribution is 5.66. The molecule has 3 saturated carbocycles. The molecule has 0 N–H and O–H groups in total. The first kappa shape index (κ1) is 21.7. The van der Waals surface area contributed by atoms with Crippen LogP contribution in [-0.4, -0.2) is 33.7 Å². The fourth-order valence-corrected chi connectivity index (χ4v) is 8.07. The van der Waals surface area contributed by atoms with Crippen molar-refractivity contribution in [1.29, 1.82) is 0 Å². The van der Waals surface area contributed by atoms with Gasteiger partial charge < -0.3 is 14.0 Å². The van der Waals surface area contributed by atoms with E-state index in [4.69, 9.17) is 9.47 Å². The molecule has 174 valence electrons. The first-order valence-corrected chi connectivity index (χ1v) is 12.2. The van der Waals surface area contributed by atoms with Crippen molar-refractivity contribution in [1.82, 2.24) is 9.55 Å². The fraction of sp³-hybridized carbons (Fsp3) is 0.731. The van der Waals surface area contributed by atoms with Gasteiger partial charge in [-0.25, -0.2) is 4.98 Å². The predicted octanol–water partition coefficient (Wildman–Crippen LogP) is 4.86. The van der Waals surface area contributed by atoms with Gasteiger partial charge in [0.05, 0.1) is 12.4 Å². The van der Waals surface area contributed by atoms with Crippen LogP contribution in [-0.2, 0) is 19.1 Å². The Bertz CT molecular complexity index is 924. The van der Waals surface area contributed by atoms with Crippen LogP contribution in [0.4, 0.5) is 0 Å². The number of aromatic nitrogens is 2. The molecule has 1 heterocycles. The van der Waals surface area contributed by atoms with Crippen molar-refractivity contribution in [3.05, 3.63) is 30.4 Å². The highest BCUT2D eigenvalue weighted by Gasteiger charge is 2.62. The summed E-state index contributed by atoms with van der Waals surface area (Å²) in [7, 11) is 0. The van der Waals surface area contributed by atoms with Crippen LogP contribution in [0.15, 0.2) is 30.4 Å². The van der Waals surface area contributed by atoms with Crippen molar-refractivity contribution in [2.45, 2.75) is 90.9 Å². The van der Waals surface area contributed by atoms with Crippen molar-refractivity contribution in [3.8, 4) is 0 Å². The van der Waals surface area contributed by atoms with Gasteiger partial charge >= 0.3 is 11.9 Å². The van der Waals surface area contributed by atoms with Gasteiger partial charge in [-0.05, 0) is 61.7 Å². The van der Waals surface area contributed by atoms with Gasteiger partial charge in [-0.1, -0.05) is 25.5 Å². The number of imidazole rings is 1. The molecule has 0 bridgehead atoms. The largest absolute Gasteiger partial charge is 0.462 e. The Morgan fingerprint density at radius 3 is 2.56 bits per heavy atom. The van der Waals surface area contributed by atoms with Gasteiger partial charge in [0.1, 0.15) is 12.2 Å². The zero-order valence-corrected chi connectivity index (χ0v) is 19.8. The maximum Gasteiger partial charge on any atom is 0.302 e. The number of hydrogen-bond donors (Lipinski definition) is 0. The summed E-state index contributed by atoms with van der Waals surface area (Å²) in [6, 6.07) is 0.146. The molecule has 8 atom stereocenters. The van der Waals surface area contributed by atoms with Crippen molar-refractivity contribution < 1.29 is 19.1 Å². The minimum absolute atomic E-state index is 0.0155. The van der Waals surface area contributed by atoms with E-state index in [-0.39, 0.29) is 41.0 Å². The minimum Gasteiger partial charge on any atom is -0.462 e. The lowest BCUT2D eigenvalue weighted by molar-refractivity contribution is -0.159. The van der Waals surface area contributed by atoms with E-state index in [1.807, 2.05) is 18.7 Å². The third kappa shape index (κ3) is 3.32. The third-order valence-electron chi connectivity index (χ3n) is 9.52. The zero-order valence-electron chi connectivity index (χ0n) is 19.8. The number of fused-ring (bicyclic) bond motifs is 5. The van der Waals surface area contributed by atoms with Gasteiger partial charge in [-0.2, -0.15) is 0 Å². The first-order chi connectivity index (χ1) is 15.2. The maximum absolute atomic E-state index is 12.1. The van der Waals surface area contributed by atoms with Crippen molar-refractivity contribution in [3.63, 3.8) is 0 Å². The molecular weight excluding hydrogens is 404 g/mol. The van der Waals surface area contributed by atoms with Crippen molar-refractivity contribution in [2.75, 3.05) is 0 Å². The van der Waals surface area contributed by atoms with E-state index in [0.717, 1.165) is 44.9 Å². The summed E-state index contributed by atoms with van der Waals surface area (Å²) in [5.74, 6) is 1.39. The Morgan fingerprint density at radius 1 is 1.09 bits per heavy atom. The Kier molecular flexibility index (Phi) is 5.25. The number of nitrogens with zero attached hydrogens (tertiary/aromatic N) is 2. The summed E-state index contributed by atoms with van der Waals surface area (Å²) < 4.78 is 13.8. The van der Waals surface area contributed by atoms with Crippen LogP contribution >= 0.6 is 0 Å². The molecule has 1 aromatic rings. The Labute approximate surface area is 190 Å². The molecule has 0 aliphatic heterocycles. The van der Waals surface area contributed by atoms with Crippen molar-refractivity contribution >= 4 is 11.9 Å². The number of hydrogen-bond acceptors (Lipinski definition) is 5. The number of ether oxygens (including phenoxy) is 2. The van der Waals surface area contributed by atoms with Gasteiger partial charge in [0.15, 0.2) is 0 Å². The van der Waals surface area contributed by atoms with E-state index in [9.17, 15) is 9.59 Å². The monoisotopic (exact) mass is 440 g/mol. The smallest absolute Gasteiger partial charge is 0.302 e. The topological polar surface area (TPSA) is 70.4 Å². The van der Waals surface area contributed by atoms with Gasteiger partial charge in [-0.3, -0.25) is 9.59 Å². The molecule has 0 amide bonds. The highest BCUT2D eigenvalue weighted by Crippen LogP contribution is 2.66. The van der Waals surface area contributed by atoms with Crippen LogP contribution < -0.4 is 0 Å². The number of carbonyl (C=O) groups excluding carboxylic acids is 2. The second-order valence-electron chi connectivity index (χ2n) is 11.1. The molecule has 0 saturated heterocycles. The molecule has 8 unspecified atom stereocenters. The summed E-state index contributed by atoms with van der Waals surface area (Å²) in [6.45, 7) is 7.86. The molecule has 4 aliphatic carbocycles. The maximum atomic E-state index is 12.1. The lowest BCUT2D eigenvalue weighted by atomic mass is 9.48. The second kappa shape index (κ2) is 7.74. The van der Waals surface area contributed by atoms with E-state index >= 15 is 0 Å². The van der Waals surface area contributed by atoms with E-state index in [1.165, 1.54) is 19.4 Å². The van der Waals surface area contributed by atoms with Gasteiger partial charge in [0.2, 0.25) is 0 Å². The molecule has 0 radical (unpaired) electrons. The normalized spacial score (nSPS) is 42.8. The lowest BCUT2D eigenvalue weighted by Gasteiger charge is -2.57. The van der Waals surface area contributed by atoms with Crippen LogP contribution in [0.1, 0.15) is 78.7 Å². The predicted molar refractivity (Wildman–Crippen MR) is 119 cm³/mol. The van der Waals surface area contributed by atoms with Gasteiger partial charge in [0, 0.05) is 38.1 Å². The van der Waals surface area contributed by atoms with Gasteiger partial charge in [-0.15, -0.1) is 0 Å². The molecule has 0 spiro atoms. The average molecular weight is 441 g/mol. The van der Waals surface area contributed by atoms with Crippen LogP contribution in [0.3, 0.4) is 0 Å². The molecule has 4 aliphatic rings. The highest BCUT2D eigenvalue weighted by atomic mass is 16.5. The van der Waals surface area contributed by atoms with E-state index in [2.05, 4.69) is 29.5 Å². The molecule has 5 rings (SSSR count). The van der Waals surface area contributed by atoms with Crippen LogP contribution in [0.2, 0.25) is 0 Å². The SMILES string of the molecule is CC(=O)OC1CCC2(C)C(=CCC3C2CCC2(C)C3CC(n3ccnc3)C2OC(C)=O)C1. The fourth-order valence-electron chi connectivity index (χ4n) is 8.07. The summed E-state index contributed by atoms with van der Waals surface area (Å²) in [5, 5.41) is 0. The molecule has 3 fully saturated rings. The Balaban J connectivity index is 1.45. The molecule has 6 heteroatoms.